The van der Waals surface area contributed by atoms with E-state index in [-0.39, 0.29) is 6.09 Å². The zero-order valence-electron chi connectivity index (χ0n) is 14.2. The highest BCUT2D eigenvalue weighted by Crippen LogP contribution is 2.27. The highest BCUT2D eigenvalue weighted by molar-refractivity contribution is 5.68. The summed E-state index contributed by atoms with van der Waals surface area (Å²) in [5.41, 5.74) is -0.396. The van der Waals surface area contributed by atoms with Crippen LogP contribution in [0, 0.1) is 11.8 Å². The van der Waals surface area contributed by atoms with Crippen molar-refractivity contribution in [1.29, 1.82) is 0 Å². The lowest BCUT2D eigenvalue weighted by Crippen LogP contribution is -2.44. The number of nitrogens with zero attached hydrogens (tertiary/aromatic N) is 1. The second-order valence-corrected chi connectivity index (χ2v) is 7.95. The molecule has 2 aliphatic rings. The summed E-state index contributed by atoms with van der Waals surface area (Å²) < 4.78 is 5.48. The van der Waals surface area contributed by atoms with Crippen molar-refractivity contribution in [2.75, 3.05) is 19.6 Å². The van der Waals surface area contributed by atoms with Gasteiger partial charge in [-0.15, -0.1) is 0 Å². The number of nitrogens with one attached hydrogen (secondary N) is 1. The summed E-state index contributed by atoms with van der Waals surface area (Å²) in [5, 5.41) is 3.64. The summed E-state index contributed by atoms with van der Waals surface area (Å²) >= 11 is 0. The van der Waals surface area contributed by atoms with Crippen LogP contribution in [0.1, 0.15) is 59.8 Å². The normalized spacial score (nSPS) is 29.9. The number of rotatable bonds is 4. The van der Waals surface area contributed by atoms with Gasteiger partial charge in [-0.05, 0) is 71.3 Å². The maximum atomic E-state index is 12.1. The van der Waals surface area contributed by atoms with Crippen LogP contribution in [0.5, 0.6) is 0 Å². The molecule has 0 aromatic carbocycles. The van der Waals surface area contributed by atoms with Crippen LogP contribution in [-0.2, 0) is 4.74 Å². The maximum absolute atomic E-state index is 12.1. The number of hydrogen-bond acceptors (Lipinski definition) is 3. The highest BCUT2D eigenvalue weighted by Gasteiger charge is 2.28. The minimum atomic E-state index is -0.396. The second kappa shape index (κ2) is 6.99. The van der Waals surface area contributed by atoms with Gasteiger partial charge in [-0.3, -0.25) is 0 Å². The van der Waals surface area contributed by atoms with E-state index in [1.54, 1.807) is 0 Å². The minimum absolute atomic E-state index is 0.145. The monoisotopic (exact) mass is 296 g/mol. The Morgan fingerprint density at radius 1 is 1.33 bits per heavy atom. The predicted molar refractivity (Wildman–Crippen MR) is 85.3 cm³/mol. The molecule has 1 heterocycles. The first kappa shape index (κ1) is 16.6. The topological polar surface area (TPSA) is 41.6 Å². The smallest absolute Gasteiger partial charge is 0.410 e. The molecule has 4 heteroatoms. The van der Waals surface area contributed by atoms with Crippen molar-refractivity contribution in [3.8, 4) is 0 Å². The number of ether oxygens (including phenoxy) is 1. The Morgan fingerprint density at radius 2 is 2.05 bits per heavy atom. The predicted octanol–water partition coefficient (Wildman–Crippen LogP) is 3.41. The molecule has 0 aromatic rings. The Kier molecular flexibility index (Phi) is 5.53. The lowest BCUT2D eigenvalue weighted by molar-refractivity contribution is 0.0161. The van der Waals surface area contributed by atoms with Crippen molar-refractivity contribution in [3.63, 3.8) is 0 Å². The van der Waals surface area contributed by atoms with Crippen LogP contribution in [0.15, 0.2) is 0 Å². The Labute approximate surface area is 129 Å². The molecule has 4 nitrogen and oxygen atoms in total. The molecule has 1 aliphatic heterocycles. The third kappa shape index (κ3) is 5.50. The van der Waals surface area contributed by atoms with E-state index in [0.29, 0.717) is 5.92 Å². The molecule has 1 saturated heterocycles. The fourth-order valence-corrected chi connectivity index (χ4v) is 3.35. The third-order valence-electron chi connectivity index (χ3n) is 4.53. The van der Waals surface area contributed by atoms with E-state index in [1.165, 1.54) is 25.7 Å². The Balaban J connectivity index is 1.67. The van der Waals surface area contributed by atoms with Crippen molar-refractivity contribution in [3.05, 3.63) is 0 Å². The third-order valence-corrected chi connectivity index (χ3v) is 4.53. The van der Waals surface area contributed by atoms with Crippen LogP contribution >= 0.6 is 0 Å². The molecule has 0 bridgehead atoms. The van der Waals surface area contributed by atoms with Gasteiger partial charge in [-0.2, -0.15) is 0 Å². The van der Waals surface area contributed by atoms with Gasteiger partial charge in [0.1, 0.15) is 5.60 Å². The minimum Gasteiger partial charge on any atom is -0.444 e. The van der Waals surface area contributed by atoms with Gasteiger partial charge < -0.3 is 15.0 Å². The summed E-state index contributed by atoms with van der Waals surface area (Å²) in [5.74, 6) is 1.52. The average molecular weight is 296 g/mol. The molecule has 21 heavy (non-hydrogen) atoms. The Morgan fingerprint density at radius 3 is 2.67 bits per heavy atom. The molecular weight excluding hydrogens is 264 g/mol. The number of carbonyl (C=O) groups excluding carboxylic acids is 1. The number of hydrogen-bond donors (Lipinski definition) is 1. The molecule has 0 radical (unpaired) electrons. The number of amides is 1. The van der Waals surface area contributed by atoms with Crippen molar-refractivity contribution < 1.29 is 9.53 Å². The fourth-order valence-electron chi connectivity index (χ4n) is 3.35. The molecule has 1 unspecified atom stereocenters. The van der Waals surface area contributed by atoms with Gasteiger partial charge in [0.25, 0.3) is 0 Å². The first-order valence-electron chi connectivity index (χ1n) is 8.55. The molecule has 0 aromatic heterocycles. The summed E-state index contributed by atoms with van der Waals surface area (Å²) in [6.07, 6.45) is 6.02. The van der Waals surface area contributed by atoms with E-state index in [2.05, 4.69) is 12.2 Å². The number of carbonyl (C=O) groups is 1. The fraction of sp³-hybridized carbons (Fsp3) is 0.941. The Bertz CT molecular complexity index is 345. The van der Waals surface area contributed by atoms with Crippen LogP contribution in [0.2, 0.25) is 0 Å². The van der Waals surface area contributed by atoms with Gasteiger partial charge in [0.2, 0.25) is 0 Å². The summed E-state index contributed by atoms with van der Waals surface area (Å²) in [4.78, 5) is 14.0. The summed E-state index contributed by atoms with van der Waals surface area (Å²) in [7, 11) is 0. The lowest BCUT2D eigenvalue weighted by Gasteiger charge is -2.36. The zero-order chi connectivity index (χ0) is 15.5. The van der Waals surface area contributed by atoms with Crippen LogP contribution < -0.4 is 5.32 Å². The summed E-state index contributed by atoms with van der Waals surface area (Å²) in [6, 6.07) is 0.741. The summed E-state index contributed by atoms with van der Waals surface area (Å²) in [6.45, 7) is 10.9. The van der Waals surface area contributed by atoms with Crippen molar-refractivity contribution in [1.82, 2.24) is 10.2 Å². The van der Waals surface area contributed by atoms with E-state index in [1.807, 2.05) is 25.7 Å². The second-order valence-electron chi connectivity index (χ2n) is 7.95. The zero-order valence-corrected chi connectivity index (χ0v) is 14.2. The quantitative estimate of drug-likeness (QED) is 0.864. The SMILES string of the molecule is CC1CC(NCCC2CCCN(C(=O)OC(C)(C)C)C2)C1. The number of likely N-dealkylation sites (tertiary alicyclic amines) is 1. The molecule has 1 amide bonds. The van der Waals surface area contributed by atoms with Crippen molar-refractivity contribution >= 4 is 6.09 Å². The molecule has 1 saturated carbocycles. The molecule has 0 spiro atoms. The molecular formula is C17H32N2O2. The van der Waals surface area contributed by atoms with E-state index in [9.17, 15) is 4.79 Å². The van der Waals surface area contributed by atoms with E-state index < -0.39 is 5.60 Å². The van der Waals surface area contributed by atoms with E-state index in [0.717, 1.165) is 38.0 Å². The van der Waals surface area contributed by atoms with Crippen LogP contribution in [0.4, 0.5) is 4.79 Å². The lowest BCUT2D eigenvalue weighted by atomic mass is 9.82. The maximum Gasteiger partial charge on any atom is 0.410 e. The molecule has 122 valence electrons. The highest BCUT2D eigenvalue weighted by atomic mass is 16.6. The van der Waals surface area contributed by atoms with Crippen molar-refractivity contribution in [2.45, 2.75) is 71.4 Å². The standard InChI is InChI=1S/C17H32N2O2/c1-13-10-15(11-13)18-8-7-14-6-5-9-19(12-14)16(20)21-17(2,3)4/h13-15,18H,5-12H2,1-4H3. The van der Waals surface area contributed by atoms with Gasteiger partial charge in [0, 0.05) is 19.1 Å². The largest absolute Gasteiger partial charge is 0.444 e. The van der Waals surface area contributed by atoms with Crippen LogP contribution in [0.25, 0.3) is 0 Å². The van der Waals surface area contributed by atoms with Crippen molar-refractivity contribution in [2.24, 2.45) is 11.8 Å². The Hall–Kier alpha value is -0.770. The molecule has 1 atom stereocenters. The van der Waals surface area contributed by atoms with Gasteiger partial charge in [-0.1, -0.05) is 6.92 Å². The molecule has 2 rings (SSSR count). The average Bonchev–Trinajstić information content (AvgIpc) is 2.35. The van der Waals surface area contributed by atoms with Crippen LogP contribution in [0.3, 0.4) is 0 Å². The van der Waals surface area contributed by atoms with Crippen LogP contribution in [-0.4, -0.2) is 42.3 Å². The first-order valence-corrected chi connectivity index (χ1v) is 8.55. The molecule has 1 aliphatic carbocycles. The first-order chi connectivity index (χ1) is 9.83. The van der Waals surface area contributed by atoms with Gasteiger partial charge in [0.15, 0.2) is 0 Å². The number of piperidine rings is 1. The van der Waals surface area contributed by atoms with E-state index >= 15 is 0 Å². The molecule has 1 N–H and O–H groups in total. The van der Waals surface area contributed by atoms with E-state index in [4.69, 9.17) is 4.74 Å². The van der Waals surface area contributed by atoms with Gasteiger partial charge in [-0.25, -0.2) is 4.79 Å². The molecule has 2 fully saturated rings. The van der Waals surface area contributed by atoms with Gasteiger partial charge >= 0.3 is 6.09 Å². The van der Waals surface area contributed by atoms with Gasteiger partial charge in [0.05, 0.1) is 0 Å².